The fourth-order valence-corrected chi connectivity index (χ4v) is 2.83. The van der Waals surface area contributed by atoms with Gasteiger partial charge in [-0.15, -0.1) is 10.2 Å². The average molecular weight is 348 g/mol. The SMILES string of the molecule is COc1cccc(-c2nnc(NC(=O)C(NC(C)=O)C(C)C)s2)c1. The van der Waals surface area contributed by atoms with E-state index in [2.05, 4.69) is 20.8 Å². The van der Waals surface area contributed by atoms with Crippen LogP contribution in [-0.4, -0.2) is 35.2 Å². The lowest BCUT2D eigenvalue weighted by Crippen LogP contribution is -2.46. The first-order chi connectivity index (χ1) is 11.4. The van der Waals surface area contributed by atoms with E-state index >= 15 is 0 Å². The van der Waals surface area contributed by atoms with Crippen molar-refractivity contribution in [2.75, 3.05) is 12.4 Å². The molecule has 8 heteroatoms. The number of amides is 2. The van der Waals surface area contributed by atoms with Gasteiger partial charge in [0.05, 0.1) is 7.11 Å². The number of rotatable bonds is 6. The lowest BCUT2D eigenvalue weighted by atomic mass is 10.0. The van der Waals surface area contributed by atoms with Gasteiger partial charge < -0.3 is 10.1 Å². The first-order valence-corrected chi connectivity index (χ1v) is 8.28. The zero-order chi connectivity index (χ0) is 17.7. The Labute approximate surface area is 144 Å². The van der Waals surface area contributed by atoms with E-state index in [1.165, 1.54) is 18.3 Å². The molecular formula is C16H20N4O3S. The minimum atomic E-state index is -0.619. The second-order valence-electron chi connectivity index (χ2n) is 5.56. The van der Waals surface area contributed by atoms with Crippen molar-refractivity contribution in [3.8, 4) is 16.3 Å². The van der Waals surface area contributed by atoms with Crippen molar-refractivity contribution in [3.63, 3.8) is 0 Å². The Morgan fingerprint density at radius 3 is 2.62 bits per heavy atom. The van der Waals surface area contributed by atoms with Crippen molar-refractivity contribution in [2.45, 2.75) is 26.8 Å². The molecule has 0 fully saturated rings. The normalized spacial score (nSPS) is 11.9. The minimum Gasteiger partial charge on any atom is -0.497 e. The third kappa shape index (κ3) is 4.51. The lowest BCUT2D eigenvalue weighted by Gasteiger charge is -2.19. The molecule has 2 N–H and O–H groups in total. The zero-order valence-corrected chi connectivity index (χ0v) is 14.8. The molecule has 0 saturated heterocycles. The summed E-state index contributed by atoms with van der Waals surface area (Å²) in [5, 5.41) is 14.5. The molecule has 1 aromatic heterocycles. The van der Waals surface area contributed by atoms with E-state index in [1.807, 2.05) is 38.1 Å². The maximum Gasteiger partial charge on any atom is 0.249 e. The highest BCUT2D eigenvalue weighted by Crippen LogP contribution is 2.28. The molecular weight excluding hydrogens is 328 g/mol. The van der Waals surface area contributed by atoms with E-state index in [0.717, 1.165) is 11.3 Å². The number of carbonyl (C=O) groups is 2. The first kappa shape index (κ1) is 17.9. The molecule has 0 aliphatic carbocycles. The quantitative estimate of drug-likeness (QED) is 0.835. The van der Waals surface area contributed by atoms with Gasteiger partial charge >= 0.3 is 0 Å². The molecule has 2 aromatic rings. The predicted molar refractivity (Wildman–Crippen MR) is 93.0 cm³/mol. The highest BCUT2D eigenvalue weighted by Gasteiger charge is 2.24. The van der Waals surface area contributed by atoms with Crippen molar-refractivity contribution in [3.05, 3.63) is 24.3 Å². The number of methoxy groups -OCH3 is 1. The summed E-state index contributed by atoms with van der Waals surface area (Å²) in [4.78, 5) is 23.6. The van der Waals surface area contributed by atoms with E-state index in [0.29, 0.717) is 10.1 Å². The molecule has 0 spiro atoms. The van der Waals surface area contributed by atoms with Gasteiger partial charge in [-0.05, 0) is 18.1 Å². The van der Waals surface area contributed by atoms with E-state index in [9.17, 15) is 9.59 Å². The van der Waals surface area contributed by atoms with Crippen molar-refractivity contribution in [1.82, 2.24) is 15.5 Å². The van der Waals surface area contributed by atoms with Crippen molar-refractivity contribution < 1.29 is 14.3 Å². The monoisotopic (exact) mass is 348 g/mol. The van der Waals surface area contributed by atoms with Crippen LogP contribution in [0.15, 0.2) is 24.3 Å². The minimum absolute atomic E-state index is 0.0420. The highest BCUT2D eigenvalue weighted by atomic mass is 32.1. The summed E-state index contributed by atoms with van der Waals surface area (Å²) < 4.78 is 5.19. The molecule has 128 valence electrons. The van der Waals surface area contributed by atoms with Crippen molar-refractivity contribution in [2.24, 2.45) is 5.92 Å². The number of hydrogen-bond acceptors (Lipinski definition) is 6. The van der Waals surface area contributed by atoms with Gasteiger partial charge in [0.2, 0.25) is 16.9 Å². The smallest absolute Gasteiger partial charge is 0.249 e. The summed E-state index contributed by atoms with van der Waals surface area (Å²) in [7, 11) is 1.60. The summed E-state index contributed by atoms with van der Waals surface area (Å²) in [6.07, 6.45) is 0. The summed E-state index contributed by atoms with van der Waals surface area (Å²) in [5.41, 5.74) is 0.856. The Hall–Kier alpha value is -2.48. The zero-order valence-electron chi connectivity index (χ0n) is 14.0. The molecule has 2 rings (SSSR count). The number of anilines is 1. The Balaban J connectivity index is 2.12. The number of aromatic nitrogens is 2. The molecule has 0 bridgehead atoms. The Morgan fingerprint density at radius 2 is 2.00 bits per heavy atom. The summed E-state index contributed by atoms with van der Waals surface area (Å²) in [6.45, 7) is 5.11. The number of hydrogen-bond donors (Lipinski definition) is 2. The van der Waals surface area contributed by atoms with Crippen LogP contribution in [0, 0.1) is 5.92 Å². The summed E-state index contributed by atoms with van der Waals surface area (Å²) in [5.74, 6) is 0.116. The van der Waals surface area contributed by atoms with Gasteiger partial charge in [0.25, 0.3) is 0 Å². The molecule has 1 heterocycles. The van der Waals surface area contributed by atoms with Crippen LogP contribution in [0.3, 0.4) is 0 Å². The molecule has 2 amide bonds. The number of carbonyl (C=O) groups excluding carboxylic acids is 2. The van der Waals surface area contributed by atoms with Gasteiger partial charge in [-0.1, -0.05) is 37.3 Å². The van der Waals surface area contributed by atoms with E-state index in [-0.39, 0.29) is 17.7 Å². The Kier molecular flexibility index (Phi) is 5.86. The topological polar surface area (TPSA) is 93.2 Å². The maximum atomic E-state index is 12.3. The Morgan fingerprint density at radius 1 is 1.25 bits per heavy atom. The number of nitrogens with zero attached hydrogens (tertiary/aromatic N) is 2. The van der Waals surface area contributed by atoms with Crippen LogP contribution in [0.5, 0.6) is 5.75 Å². The predicted octanol–water partition coefficient (Wildman–Crippen LogP) is 2.31. The molecule has 1 atom stereocenters. The van der Waals surface area contributed by atoms with Crippen LogP contribution in [0.1, 0.15) is 20.8 Å². The second kappa shape index (κ2) is 7.87. The van der Waals surface area contributed by atoms with Gasteiger partial charge in [-0.25, -0.2) is 0 Å². The van der Waals surface area contributed by atoms with Gasteiger partial charge in [-0.3, -0.25) is 14.9 Å². The van der Waals surface area contributed by atoms with E-state index in [4.69, 9.17) is 4.74 Å². The largest absolute Gasteiger partial charge is 0.497 e. The average Bonchev–Trinajstić information content (AvgIpc) is 3.00. The van der Waals surface area contributed by atoms with Crippen molar-refractivity contribution in [1.29, 1.82) is 0 Å². The maximum absolute atomic E-state index is 12.3. The second-order valence-corrected chi connectivity index (χ2v) is 6.53. The van der Waals surface area contributed by atoms with Crippen LogP contribution in [-0.2, 0) is 9.59 Å². The molecule has 0 radical (unpaired) electrons. The standard InChI is InChI=1S/C16H20N4O3S/c1-9(2)13(17-10(3)21)14(22)18-16-20-19-15(24-16)11-6-5-7-12(8-11)23-4/h5-9,13H,1-4H3,(H,17,21)(H,18,20,22). The molecule has 7 nitrogen and oxygen atoms in total. The number of benzene rings is 1. The number of nitrogens with one attached hydrogen (secondary N) is 2. The van der Waals surface area contributed by atoms with Crippen LogP contribution >= 0.6 is 11.3 Å². The third-order valence-electron chi connectivity index (χ3n) is 3.28. The molecule has 0 aliphatic heterocycles. The van der Waals surface area contributed by atoms with Crippen LogP contribution < -0.4 is 15.4 Å². The van der Waals surface area contributed by atoms with Gasteiger partial charge in [-0.2, -0.15) is 0 Å². The Bertz CT molecular complexity index is 730. The van der Waals surface area contributed by atoms with Crippen LogP contribution in [0.25, 0.3) is 10.6 Å². The summed E-state index contributed by atoms with van der Waals surface area (Å²) in [6, 6.07) is 6.82. The van der Waals surface area contributed by atoms with E-state index < -0.39 is 6.04 Å². The molecule has 0 aliphatic rings. The van der Waals surface area contributed by atoms with Gasteiger partial charge in [0.15, 0.2) is 0 Å². The van der Waals surface area contributed by atoms with Gasteiger partial charge in [0.1, 0.15) is 16.8 Å². The van der Waals surface area contributed by atoms with Crippen LogP contribution in [0.4, 0.5) is 5.13 Å². The lowest BCUT2D eigenvalue weighted by molar-refractivity contribution is -0.126. The fraction of sp³-hybridized carbons (Fsp3) is 0.375. The first-order valence-electron chi connectivity index (χ1n) is 7.46. The highest BCUT2D eigenvalue weighted by molar-refractivity contribution is 7.18. The van der Waals surface area contributed by atoms with Crippen LogP contribution in [0.2, 0.25) is 0 Å². The molecule has 0 saturated carbocycles. The molecule has 1 unspecified atom stereocenters. The number of ether oxygens (including phenoxy) is 1. The third-order valence-corrected chi connectivity index (χ3v) is 4.17. The van der Waals surface area contributed by atoms with Crippen molar-refractivity contribution >= 4 is 28.3 Å². The fourth-order valence-electron chi connectivity index (χ4n) is 2.08. The van der Waals surface area contributed by atoms with E-state index in [1.54, 1.807) is 7.11 Å². The summed E-state index contributed by atoms with van der Waals surface area (Å²) >= 11 is 1.26. The molecule has 1 aromatic carbocycles. The molecule has 24 heavy (non-hydrogen) atoms. The van der Waals surface area contributed by atoms with Gasteiger partial charge in [0, 0.05) is 12.5 Å².